The number of aliphatic imine (C=N–C) groups is 1. The predicted molar refractivity (Wildman–Crippen MR) is 88.0 cm³/mol. The normalized spacial score (nSPS) is 20.4. The summed E-state index contributed by atoms with van der Waals surface area (Å²) in [5.41, 5.74) is 6.84. The molecule has 2 unspecified atom stereocenters. The maximum atomic E-state index is 14.2. The Morgan fingerprint density at radius 3 is 2.88 bits per heavy atom. The number of rotatable bonds is 4. The summed E-state index contributed by atoms with van der Waals surface area (Å²) in [6, 6.07) is 4.52. The van der Waals surface area contributed by atoms with E-state index in [1.54, 1.807) is 12.1 Å². The second kappa shape index (κ2) is 6.79. The van der Waals surface area contributed by atoms with Crippen molar-refractivity contribution in [3.63, 3.8) is 0 Å². The predicted octanol–water partition coefficient (Wildman–Crippen LogP) is 2.18. The third kappa shape index (κ3) is 3.28. The van der Waals surface area contributed by atoms with Crippen molar-refractivity contribution in [2.45, 2.75) is 19.1 Å². The lowest BCUT2D eigenvalue weighted by molar-refractivity contribution is 0.0751. The number of aromatic nitrogens is 2. The summed E-state index contributed by atoms with van der Waals surface area (Å²) in [5, 5.41) is 3.05. The number of amidine groups is 1. The molecule has 2 heterocycles. The van der Waals surface area contributed by atoms with Crippen LogP contribution in [0.1, 0.15) is 18.6 Å². The first-order valence-electron chi connectivity index (χ1n) is 7.44. The van der Waals surface area contributed by atoms with E-state index in [0.717, 1.165) is 0 Å². The topological polar surface area (TPSA) is 94.7 Å². The lowest BCUT2D eigenvalue weighted by Gasteiger charge is -2.25. The van der Waals surface area contributed by atoms with Crippen LogP contribution in [0, 0.1) is 5.82 Å². The van der Waals surface area contributed by atoms with E-state index in [1.165, 1.54) is 25.6 Å². The zero-order valence-electron chi connectivity index (χ0n) is 13.4. The van der Waals surface area contributed by atoms with Gasteiger partial charge in [0.2, 0.25) is 0 Å². The summed E-state index contributed by atoms with van der Waals surface area (Å²) < 4.78 is 25.0. The zero-order valence-corrected chi connectivity index (χ0v) is 13.4. The molecule has 24 heavy (non-hydrogen) atoms. The van der Waals surface area contributed by atoms with Gasteiger partial charge < -0.3 is 20.5 Å². The fourth-order valence-electron chi connectivity index (χ4n) is 2.45. The van der Waals surface area contributed by atoms with E-state index in [9.17, 15) is 4.39 Å². The van der Waals surface area contributed by atoms with E-state index in [2.05, 4.69) is 20.3 Å². The molecule has 0 radical (unpaired) electrons. The van der Waals surface area contributed by atoms with Gasteiger partial charge in [0.15, 0.2) is 5.82 Å². The summed E-state index contributed by atoms with van der Waals surface area (Å²) in [6.45, 7) is 2.28. The average Bonchev–Trinajstić information content (AvgIpc) is 2.57. The van der Waals surface area contributed by atoms with Crippen LogP contribution in [-0.2, 0) is 4.74 Å². The summed E-state index contributed by atoms with van der Waals surface area (Å²) in [5.74, 6) is 0.621. The van der Waals surface area contributed by atoms with Gasteiger partial charge >= 0.3 is 0 Å². The van der Waals surface area contributed by atoms with Gasteiger partial charge in [-0.1, -0.05) is 0 Å². The molecule has 1 aliphatic rings. The van der Waals surface area contributed by atoms with Gasteiger partial charge in [-0.3, -0.25) is 4.99 Å². The number of benzene rings is 1. The Bertz CT molecular complexity index is 768. The van der Waals surface area contributed by atoms with Crippen LogP contribution in [0.5, 0.6) is 5.88 Å². The van der Waals surface area contributed by atoms with Crippen molar-refractivity contribution in [2.24, 2.45) is 10.7 Å². The number of methoxy groups -OCH3 is 1. The molecule has 3 rings (SSSR count). The van der Waals surface area contributed by atoms with Crippen LogP contribution in [0.2, 0.25) is 0 Å². The van der Waals surface area contributed by atoms with Crippen molar-refractivity contribution in [3.8, 4) is 5.88 Å². The van der Waals surface area contributed by atoms with Gasteiger partial charge in [0.1, 0.15) is 17.8 Å². The average molecular weight is 331 g/mol. The summed E-state index contributed by atoms with van der Waals surface area (Å²) >= 11 is 0. The highest BCUT2D eigenvalue weighted by atomic mass is 19.1. The molecule has 1 aliphatic heterocycles. The number of nitrogens with zero attached hydrogens (tertiary/aromatic N) is 3. The Labute approximate surface area is 138 Å². The van der Waals surface area contributed by atoms with E-state index >= 15 is 0 Å². The minimum Gasteiger partial charge on any atom is -0.478 e. The molecule has 1 aromatic carbocycles. The number of hydrogen-bond acceptors (Lipinski definition) is 7. The van der Waals surface area contributed by atoms with Gasteiger partial charge in [-0.15, -0.1) is 0 Å². The van der Waals surface area contributed by atoms with Gasteiger partial charge in [0.05, 0.1) is 19.8 Å². The van der Waals surface area contributed by atoms with Crippen LogP contribution in [0.4, 0.5) is 15.9 Å². The summed E-state index contributed by atoms with van der Waals surface area (Å²) in [7, 11) is 1.50. The Morgan fingerprint density at radius 1 is 1.33 bits per heavy atom. The highest BCUT2D eigenvalue weighted by molar-refractivity contribution is 5.87. The maximum absolute atomic E-state index is 14.2. The number of nitrogens with two attached hydrogens (primary N) is 1. The molecule has 0 fully saturated rings. The molecule has 0 saturated carbocycles. The van der Waals surface area contributed by atoms with Crippen LogP contribution in [-0.4, -0.2) is 35.6 Å². The SMILES string of the molecule is COc1nccnc1Nc1ccc(F)c(C2OCC(C)N=C2N)c1. The smallest absolute Gasteiger partial charge is 0.257 e. The van der Waals surface area contributed by atoms with Crippen molar-refractivity contribution in [1.29, 1.82) is 0 Å². The van der Waals surface area contributed by atoms with Gasteiger partial charge in [0.25, 0.3) is 5.88 Å². The van der Waals surface area contributed by atoms with Crippen LogP contribution in [0.3, 0.4) is 0 Å². The maximum Gasteiger partial charge on any atom is 0.257 e. The van der Waals surface area contributed by atoms with Crippen LogP contribution < -0.4 is 15.8 Å². The number of nitrogens with one attached hydrogen (secondary N) is 1. The molecular weight excluding hydrogens is 313 g/mol. The molecule has 0 bridgehead atoms. The molecule has 1 aromatic heterocycles. The van der Waals surface area contributed by atoms with Crippen molar-refractivity contribution in [3.05, 3.63) is 42.0 Å². The molecule has 7 nitrogen and oxygen atoms in total. The highest BCUT2D eigenvalue weighted by Crippen LogP contribution is 2.29. The lowest BCUT2D eigenvalue weighted by atomic mass is 10.1. The van der Waals surface area contributed by atoms with E-state index < -0.39 is 11.9 Å². The fraction of sp³-hybridized carbons (Fsp3) is 0.312. The lowest BCUT2D eigenvalue weighted by Crippen LogP contribution is -2.33. The van der Waals surface area contributed by atoms with E-state index in [0.29, 0.717) is 29.6 Å². The molecule has 0 spiro atoms. The highest BCUT2D eigenvalue weighted by Gasteiger charge is 2.26. The molecule has 2 atom stereocenters. The molecule has 0 aliphatic carbocycles. The van der Waals surface area contributed by atoms with Crippen molar-refractivity contribution in [1.82, 2.24) is 9.97 Å². The number of ether oxygens (including phenoxy) is 2. The van der Waals surface area contributed by atoms with Crippen LogP contribution in [0.25, 0.3) is 0 Å². The quantitative estimate of drug-likeness (QED) is 0.892. The Hall–Kier alpha value is -2.74. The third-order valence-corrected chi connectivity index (χ3v) is 3.54. The number of hydrogen-bond donors (Lipinski definition) is 2. The zero-order chi connectivity index (χ0) is 17.1. The fourth-order valence-corrected chi connectivity index (χ4v) is 2.45. The van der Waals surface area contributed by atoms with Crippen LogP contribution >= 0.6 is 0 Å². The first-order chi connectivity index (χ1) is 11.6. The molecule has 2 aromatic rings. The molecular formula is C16H18FN5O2. The second-order valence-electron chi connectivity index (χ2n) is 5.39. The van der Waals surface area contributed by atoms with Crippen molar-refractivity contribution in [2.75, 3.05) is 19.0 Å². The summed E-state index contributed by atoms with van der Waals surface area (Å²) in [6.07, 6.45) is 2.35. The van der Waals surface area contributed by atoms with Crippen LogP contribution in [0.15, 0.2) is 35.6 Å². The van der Waals surface area contributed by atoms with Gasteiger partial charge in [-0.25, -0.2) is 14.4 Å². The largest absolute Gasteiger partial charge is 0.478 e. The van der Waals surface area contributed by atoms with E-state index in [1.807, 2.05) is 6.92 Å². The monoisotopic (exact) mass is 331 g/mol. The van der Waals surface area contributed by atoms with E-state index in [-0.39, 0.29) is 11.9 Å². The molecule has 126 valence electrons. The molecule has 0 amide bonds. The summed E-state index contributed by atoms with van der Waals surface area (Å²) in [4.78, 5) is 12.5. The number of halogens is 1. The van der Waals surface area contributed by atoms with Gasteiger partial charge in [0, 0.05) is 23.6 Å². The molecule has 8 heteroatoms. The second-order valence-corrected chi connectivity index (χ2v) is 5.39. The molecule has 3 N–H and O–H groups in total. The van der Waals surface area contributed by atoms with Gasteiger partial charge in [-0.2, -0.15) is 0 Å². The first-order valence-corrected chi connectivity index (χ1v) is 7.44. The Balaban J connectivity index is 1.91. The Kier molecular flexibility index (Phi) is 4.57. The van der Waals surface area contributed by atoms with Gasteiger partial charge in [-0.05, 0) is 25.1 Å². The Morgan fingerprint density at radius 2 is 2.12 bits per heavy atom. The first kappa shape index (κ1) is 16.1. The standard InChI is InChI=1S/C16H18FN5O2/c1-9-8-24-13(14(18)21-9)11-7-10(3-4-12(11)17)22-15-16(23-2)20-6-5-19-15/h3-7,9,13H,8H2,1-2H3,(H2,18,21)(H,19,22). The van der Waals surface area contributed by atoms with Crippen molar-refractivity contribution >= 4 is 17.3 Å². The third-order valence-electron chi connectivity index (χ3n) is 3.54. The molecule has 0 saturated heterocycles. The minimum atomic E-state index is -0.702. The number of anilines is 2. The van der Waals surface area contributed by atoms with E-state index in [4.69, 9.17) is 15.2 Å². The minimum absolute atomic E-state index is 0.0329. The van der Waals surface area contributed by atoms with Crippen molar-refractivity contribution < 1.29 is 13.9 Å².